The highest BCUT2D eigenvalue weighted by Crippen LogP contribution is 2.17. The lowest BCUT2D eigenvalue weighted by atomic mass is 10.1. The normalized spacial score (nSPS) is 16.5. The lowest BCUT2D eigenvalue weighted by Gasteiger charge is -2.16. The number of rotatable bonds is 5. The summed E-state index contributed by atoms with van der Waals surface area (Å²) in [6.07, 6.45) is 0.717. The van der Waals surface area contributed by atoms with Crippen LogP contribution < -0.4 is 16.4 Å². The van der Waals surface area contributed by atoms with Crippen LogP contribution in [0.3, 0.4) is 0 Å². The van der Waals surface area contributed by atoms with E-state index >= 15 is 0 Å². The third kappa shape index (κ3) is 4.29. The Morgan fingerprint density at radius 3 is 2.52 bits per heavy atom. The molecule has 0 bridgehead atoms. The Bertz CT molecular complexity index is 748. The van der Waals surface area contributed by atoms with Gasteiger partial charge in [-0.05, 0) is 24.1 Å². The molecule has 1 aliphatic heterocycles. The van der Waals surface area contributed by atoms with Gasteiger partial charge in [0.05, 0.1) is 5.56 Å². The van der Waals surface area contributed by atoms with Crippen molar-refractivity contribution in [3.63, 3.8) is 0 Å². The molecule has 6 nitrogen and oxygen atoms in total. The van der Waals surface area contributed by atoms with Crippen LogP contribution in [0, 0.1) is 0 Å². The molecule has 1 heterocycles. The van der Waals surface area contributed by atoms with Crippen LogP contribution in [0.5, 0.6) is 0 Å². The predicted octanol–water partition coefficient (Wildman–Crippen LogP) is 2.18. The van der Waals surface area contributed by atoms with E-state index in [-0.39, 0.29) is 11.9 Å². The van der Waals surface area contributed by atoms with Gasteiger partial charge < -0.3 is 21.3 Å². The van der Waals surface area contributed by atoms with Crippen LogP contribution in [-0.2, 0) is 6.54 Å². The van der Waals surface area contributed by atoms with Crippen LogP contribution in [-0.4, -0.2) is 36.0 Å². The summed E-state index contributed by atoms with van der Waals surface area (Å²) in [6, 6.07) is 16.9. The zero-order valence-electron chi connectivity index (χ0n) is 13.9. The van der Waals surface area contributed by atoms with Gasteiger partial charge in [0, 0.05) is 31.4 Å². The zero-order chi connectivity index (χ0) is 17.6. The fraction of sp³-hybridized carbons (Fsp3) is 0.263. The Labute approximate surface area is 147 Å². The summed E-state index contributed by atoms with van der Waals surface area (Å²) < 4.78 is 0. The van der Waals surface area contributed by atoms with Gasteiger partial charge in [0.2, 0.25) is 0 Å². The molecule has 0 aromatic heterocycles. The van der Waals surface area contributed by atoms with E-state index in [0.29, 0.717) is 31.6 Å². The van der Waals surface area contributed by atoms with Crippen LogP contribution in [0.2, 0.25) is 0 Å². The second-order valence-corrected chi connectivity index (χ2v) is 6.13. The molecule has 3 amide bonds. The van der Waals surface area contributed by atoms with Crippen molar-refractivity contribution < 1.29 is 9.59 Å². The number of anilines is 1. The number of carbonyl (C=O) groups excluding carboxylic acids is 2. The van der Waals surface area contributed by atoms with Gasteiger partial charge in [0.1, 0.15) is 0 Å². The van der Waals surface area contributed by atoms with Crippen molar-refractivity contribution >= 4 is 17.6 Å². The van der Waals surface area contributed by atoms with Gasteiger partial charge in [-0.3, -0.25) is 4.79 Å². The van der Waals surface area contributed by atoms with Gasteiger partial charge in [-0.15, -0.1) is 0 Å². The van der Waals surface area contributed by atoms with E-state index in [2.05, 4.69) is 10.6 Å². The summed E-state index contributed by atoms with van der Waals surface area (Å²) in [6.45, 7) is 1.68. The quantitative estimate of drug-likeness (QED) is 0.781. The molecule has 3 rings (SSSR count). The van der Waals surface area contributed by atoms with Gasteiger partial charge in [-0.25, -0.2) is 4.79 Å². The maximum atomic E-state index is 12.6. The van der Waals surface area contributed by atoms with E-state index in [1.807, 2.05) is 48.5 Å². The number of carbonyl (C=O) groups is 2. The third-order valence-corrected chi connectivity index (χ3v) is 4.33. The first-order valence-electron chi connectivity index (χ1n) is 8.35. The monoisotopic (exact) mass is 338 g/mol. The number of urea groups is 1. The molecule has 6 heteroatoms. The van der Waals surface area contributed by atoms with Crippen LogP contribution in [0.4, 0.5) is 10.5 Å². The molecule has 0 radical (unpaired) electrons. The average Bonchev–Trinajstić information content (AvgIpc) is 3.10. The highest BCUT2D eigenvalue weighted by atomic mass is 16.2. The molecule has 0 unspecified atom stereocenters. The van der Waals surface area contributed by atoms with Crippen molar-refractivity contribution in [2.75, 3.05) is 18.4 Å². The Balaban J connectivity index is 1.64. The molecule has 4 N–H and O–H groups in total. The minimum atomic E-state index is -0.443. The molecule has 2 aromatic carbocycles. The van der Waals surface area contributed by atoms with Gasteiger partial charge in [-0.1, -0.05) is 42.5 Å². The van der Waals surface area contributed by atoms with E-state index in [1.54, 1.807) is 11.0 Å². The summed E-state index contributed by atoms with van der Waals surface area (Å²) in [5, 5.41) is 6.31. The number of nitrogens with two attached hydrogens (primary N) is 1. The predicted molar refractivity (Wildman–Crippen MR) is 97.2 cm³/mol. The summed E-state index contributed by atoms with van der Waals surface area (Å²) in [4.78, 5) is 25.4. The summed E-state index contributed by atoms with van der Waals surface area (Å²) in [5.74, 6) is -0.146. The molecule has 1 atom stereocenters. The molecule has 25 heavy (non-hydrogen) atoms. The van der Waals surface area contributed by atoms with Crippen molar-refractivity contribution in [3.05, 3.63) is 65.7 Å². The second-order valence-electron chi connectivity index (χ2n) is 6.13. The Morgan fingerprint density at radius 2 is 1.80 bits per heavy atom. The molecule has 130 valence electrons. The topological polar surface area (TPSA) is 87.5 Å². The number of likely N-dealkylation sites (tertiary alicyclic amines) is 1. The fourth-order valence-electron chi connectivity index (χ4n) is 2.97. The minimum Gasteiger partial charge on any atom is -0.380 e. The number of nitrogens with one attached hydrogen (secondary N) is 2. The standard InChI is InChI=1S/C19H22N4O2/c20-19(25)23-11-10-15(13-23)22-18(24)16-8-4-5-9-17(16)21-12-14-6-2-1-3-7-14/h1-9,15,21H,10-13H2,(H2,20,25)(H,22,24)/t15-/m1/s1. The van der Waals surface area contributed by atoms with E-state index in [9.17, 15) is 9.59 Å². The number of hydrogen-bond donors (Lipinski definition) is 3. The van der Waals surface area contributed by atoms with Crippen molar-refractivity contribution in [1.29, 1.82) is 0 Å². The minimum absolute atomic E-state index is 0.0674. The fourth-order valence-corrected chi connectivity index (χ4v) is 2.97. The summed E-state index contributed by atoms with van der Waals surface area (Å²) >= 11 is 0. The first-order chi connectivity index (χ1) is 12.1. The third-order valence-electron chi connectivity index (χ3n) is 4.33. The number of benzene rings is 2. The van der Waals surface area contributed by atoms with Gasteiger partial charge in [0.25, 0.3) is 5.91 Å². The molecule has 1 saturated heterocycles. The van der Waals surface area contributed by atoms with Gasteiger partial charge >= 0.3 is 6.03 Å². The zero-order valence-corrected chi connectivity index (χ0v) is 13.9. The lowest BCUT2D eigenvalue weighted by molar-refractivity contribution is 0.0939. The SMILES string of the molecule is NC(=O)N1CC[C@@H](NC(=O)c2ccccc2NCc2ccccc2)C1. The number of nitrogens with zero attached hydrogens (tertiary/aromatic N) is 1. The summed E-state index contributed by atoms with van der Waals surface area (Å²) in [7, 11) is 0. The highest BCUT2D eigenvalue weighted by molar-refractivity contribution is 5.99. The Kier molecular flexibility index (Phi) is 5.18. The van der Waals surface area contributed by atoms with Crippen molar-refractivity contribution in [1.82, 2.24) is 10.2 Å². The van der Waals surface area contributed by atoms with Crippen molar-refractivity contribution in [2.45, 2.75) is 19.0 Å². The molecular formula is C19H22N4O2. The van der Waals surface area contributed by atoms with Crippen LogP contribution in [0.15, 0.2) is 54.6 Å². The number of amides is 3. The molecule has 0 aliphatic carbocycles. The maximum Gasteiger partial charge on any atom is 0.314 e. The Morgan fingerprint density at radius 1 is 1.08 bits per heavy atom. The maximum absolute atomic E-state index is 12.6. The van der Waals surface area contributed by atoms with E-state index in [0.717, 1.165) is 11.3 Å². The van der Waals surface area contributed by atoms with Crippen molar-refractivity contribution in [2.24, 2.45) is 5.73 Å². The molecule has 2 aromatic rings. The van der Waals surface area contributed by atoms with Gasteiger partial charge in [0.15, 0.2) is 0 Å². The number of hydrogen-bond acceptors (Lipinski definition) is 3. The van der Waals surface area contributed by atoms with Crippen LogP contribution >= 0.6 is 0 Å². The smallest absolute Gasteiger partial charge is 0.314 e. The van der Waals surface area contributed by atoms with E-state index in [1.165, 1.54) is 0 Å². The average molecular weight is 338 g/mol. The number of para-hydroxylation sites is 1. The number of primary amides is 1. The molecule has 0 spiro atoms. The highest BCUT2D eigenvalue weighted by Gasteiger charge is 2.26. The molecular weight excluding hydrogens is 316 g/mol. The lowest BCUT2D eigenvalue weighted by Crippen LogP contribution is -2.40. The molecule has 1 fully saturated rings. The first-order valence-corrected chi connectivity index (χ1v) is 8.35. The van der Waals surface area contributed by atoms with Crippen LogP contribution in [0.25, 0.3) is 0 Å². The van der Waals surface area contributed by atoms with Crippen molar-refractivity contribution in [3.8, 4) is 0 Å². The molecule has 0 saturated carbocycles. The molecule has 1 aliphatic rings. The van der Waals surface area contributed by atoms with E-state index < -0.39 is 6.03 Å². The first kappa shape index (κ1) is 16.8. The Hall–Kier alpha value is -3.02. The van der Waals surface area contributed by atoms with E-state index in [4.69, 9.17) is 5.73 Å². The largest absolute Gasteiger partial charge is 0.380 e. The van der Waals surface area contributed by atoms with Gasteiger partial charge in [-0.2, -0.15) is 0 Å². The van der Waals surface area contributed by atoms with Crippen LogP contribution in [0.1, 0.15) is 22.3 Å². The second kappa shape index (κ2) is 7.70. The summed E-state index contributed by atoms with van der Waals surface area (Å²) in [5.41, 5.74) is 7.81.